The molecule has 0 saturated carbocycles. The Labute approximate surface area is 145 Å². The molecule has 0 aliphatic carbocycles. The average molecular weight is 332 g/mol. The van der Waals surface area contributed by atoms with Gasteiger partial charge in [0.05, 0.1) is 0 Å². The Balaban J connectivity index is 1.96. The molecule has 3 aromatic rings. The van der Waals surface area contributed by atoms with Gasteiger partial charge in [0.2, 0.25) is 0 Å². The number of fused-ring (bicyclic) bond motifs is 1. The summed E-state index contributed by atoms with van der Waals surface area (Å²) in [5.41, 5.74) is 2.97. The summed E-state index contributed by atoms with van der Waals surface area (Å²) in [7, 11) is 0. The molecule has 118 valence electrons. The standard InChI is InChI=1S/C21H16O2S/c1-15-12-13-19-18(14-15)21(20(22)23-19,16-8-4-2-5-9-16)24-17-10-6-3-7-11-17/h2-14H,1H3. The zero-order valence-electron chi connectivity index (χ0n) is 13.2. The van der Waals surface area contributed by atoms with Crippen molar-refractivity contribution < 1.29 is 9.53 Å². The molecule has 0 radical (unpaired) electrons. The summed E-state index contributed by atoms with van der Waals surface area (Å²) >= 11 is 1.54. The Morgan fingerprint density at radius 1 is 0.875 bits per heavy atom. The van der Waals surface area contributed by atoms with Crippen molar-refractivity contribution in [2.75, 3.05) is 0 Å². The third kappa shape index (κ3) is 2.33. The monoisotopic (exact) mass is 332 g/mol. The van der Waals surface area contributed by atoms with E-state index in [1.165, 1.54) is 11.8 Å². The fourth-order valence-electron chi connectivity index (χ4n) is 3.06. The zero-order chi connectivity index (χ0) is 16.6. The quantitative estimate of drug-likeness (QED) is 0.501. The minimum absolute atomic E-state index is 0.233. The first-order valence-electron chi connectivity index (χ1n) is 7.83. The van der Waals surface area contributed by atoms with Crippen LogP contribution < -0.4 is 4.74 Å². The minimum Gasteiger partial charge on any atom is -0.425 e. The van der Waals surface area contributed by atoms with Crippen molar-refractivity contribution in [3.8, 4) is 5.75 Å². The van der Waals surface area contributed by atoms with E-state index < -0.39 is 4.75 Å². The molecule has 1 atom stereocenters. The van der Waals surface area contributed by atoms with Crippen LogP contribution >= 0.6 is 11.8 Å². The summed E-state index contributed by atoms with van der Waals surface area (Å²) in [6.07, 6.45) is 0. The largest absolute Gasteiger partial charge is 0.425 e. The molecule has 3 heteroatoms. The fourth-order valence-corrected chi connectivity index (χ4v) is 4.35. The van der Waals surface area contributed by atoms with E-state index in [1.54, 1.807) is 0 Å². The lowest BCUT2D eigenvalue weighted by molar-refractivity contribution is -0.134. The molecule has 0 spiro atoms. The van der Waals surface area contributed by atoms with Gasteiger partial charge in [0.25, 0.3) is 0 Å². The number of esters is 1. The lowest BCUT2D eigenvalue weighted by Crippen LogP contribution is -2.31. The lowest BCUT2D eigenvalue weighted by atomic mass is 9.90. The second-order valence-corrected chi connectivity index (χ2v) is 7.14. The molecule has 4 rings (SSSR count). The summed E-state index contributed by atoms with van der Waals surface area (Å²) < 4.78 is 4.77. The van der Waals surface area contributed by atoms with Crippen LogP contribution in [0.5, 0.6) is 5.75 Å². The van der Waals surface area contributed by atoms with Crippen LogP contribution in [-0.2, 0) is 9.54 Å². The van der Waals surface area contributed by atoms with Crippen molar-refractivity contribution in [3.05, 3.63) is 95.6 Å². The normalized spacial score (nSPS) is 19.0. The molecule has 1 unspecified atom stereocenters. The van der Waals surface area contributed by atoms with Crippen LogP contribution in [0.3, 0.4) is 0 Å². The fraction of sp³-hybridized carbons (Fsp3) is 0.0952. The summed E-state index contributed by atoms with van der Waals surface area (Å²) in [6, 6.07) is 25.8. The van der Waals surface area contributed by atoms with Gasteiger partial charge in [-0.2, -0.15) is 0 Å². The SMILES string of the molecule is Cc1ccc2c(c1)C(Sc1ccccc1)(c1ccccc1)C(=O)O2. The third-order valence-electron chi connectivity index (χ3n) is 4.20. The van der Waals surface area contributed by atoms with Crippen LogP contribution in [0.1, 0.15) is 16.7 Å². The predicted octanol–water partition coefficient (Wildman–Crippen LogP) is 4.95. The van der Waals surface area contributed by atoms with Crippen molar-refractivity contribution in [1.29, 1.82) is 0 Å². The highest BCUT2D eigenvalue weighted by molar-refractivity contribution is 8.01. The van der Waals surface area contributed by atoms with Crippen molar-refractivity contribution in [3.63, 3.8) is 0 Å². The molecule has 1 heterocycles. The first kappa shape index (κ1) is 15.0. The predicted molar refractivity (Wildman–Crippen MR) is 96.3 cm³/mol. The van der Waals surface area contributed by atoms with E-state index in [9.17, 15) is 4.79 Å². The van der Waals surface area contributed by atoms with Crippen molar-refractivity contribution >= 4 is 17.7 Å². The number of thioether (sulfide) groups is 1. The number of benzene rings is 3. The first-order chi connectivity index (χ1) is 11.7. The maximum Gasteiger partial charge on any atom is 0.337 e. The van der Waals surface area contributed by atoms with Gasteiger partial charge in [-0.15, -0.1) is 0 Å². The van der Waals surface area contributed by atoms with Gasteiger partial charge >= 0.3 is 5.97 Å². The Hall–Kier alpha value is -2.52. The van der Waals surface area contributed by atoms with E-state index in [1.807, 2.05) is 79.7 Å². The number of rotatable bonds is 3. The van der Waals surface area contributed by atoms with E-state index in [-0.39, 0.29) is 5.97 Å². The molecule has 24 heavy (non-hydrogen) atoms. The number of aryl methyl sites for hydroxylation is 1. The maximum absolute atomic E-state index is 13.0. The van der Waals surface area contributed by atoms with Gasteiger partial charge in [-0.25, -0.2) is 4.79 Å². The van der Waals surface area contributed by atoms with Crippen molar-refractivity contribution in [2.24, 2.45) is 0 Å². The molecule has 1 aliphatic rings. The van der Waals surface area contributed by atoms with Crippen LogP contribution in [-0.4, -0.2) is 5.97 Å². The molecular formula is C21H16O2S. The van der Waals surface area contributed by atoms with Crippen LogP contribution in [0.15, 0.2) is 83.8 Å². The Kier molecular flexibility index (Phi) is 3.66. The van der Waals surface area contributed by atoms with Crippen molar-refractivity contribution in [1.82, 2.24) is 0 Å². The highest BCUT2D eigenvalue weighted by Crippen LogP contribution is 2.54. The number of carbonyl (C=O) groups is 1. The minimum atomic E-state index is -0.871. The lowest BCUT2D eigenvalue weighted by Gasteiger charge is -2.26. The average Bonchev–Trinajstić information content (AvgIpc) is 2.89. The summed E-state index contributed by atoms with van der Waals surface area (Å²) in [5, 5.41) is 0. The molecule has 2 nitrogen and oxygen atoms in total. The van der Waals surface area contributed by atoms with Gasteiger partial charge in [0, 0.05) is 10.5 Å². The Bertz CT molecular complexity index is 890. The number of hydrogen-bond acceptors (Lipinski definition) is 3. The van der Waals surface area contributed by atoms with E-state index in [2.05, 4.69) is 6.07 Å². The molecule has 3 aromatic carbocycles. The number of ether oxygens (including phenoxy) is 1. The van der Waals surface area contributed by atoms with Crippen LogP contribution in [0.2, 0.25) is 0 Å². The van der Waals surface area contributed by atoms with E-state index >= 15 is 0 Å². The van der Waals surface area contributed by atoms with E-state index in [0.717, 1.165) is 21.6 Å². The van der Waals surface area contributed by atoms with Crippen LogP contribution in [0.4, 0.5) is 0 Å². The van der Waals surface area contributed by atoms with Gasteiger partial charge in [-0.05, 0) is 36.8 Å². The summed E-state index contributed by atoms with van der Waals surface area (Å²) in [4.78, 5) is 14.1. The van der Waals surface area contributed by atoms with Crippen LogP contribution in [0, 0.1) is 6.92 Å². The number of hydrogen-bond donors (Lipinski definition) is 0. The van der Waals surface area contributed by atoms with Gasteiger partial charge < -0.3 is 4.74 Å². The molecule has 0 bridgehead atoms. The third-order valence-corrected chi connectivity index (χ3v) is 5.64. The molecule has 0 amide bonds. The van der Waals surface area contributed by atoms with Gasteiger partial charge in [0.15, 0.2) is 4.75 Å². The smallest absolute Gasteiger partial charge is 0.337 e. The Morgan fingerprint density at radius 3 is 2.25 bits per heavy atom. The second kappa shape index (κ2) is 5.84. The van der Waals surface area contributed by atoms with E-state index in [4.69, 9.17) is 4.74 Å². The highest BCUT2D eigenvalue weighted by Gasteiger charge is 2.51. The second-order valence-electron chi connectivity index (χ2n) is 5.85. The van der Waals surface area contributed by atoms with Crippen LogP contribution in [0.25, 0.3) is 0 Å². The topological polar surface area (TPSA) is 26.3 Å². The van der Waals surface area contributed by atoms with Gasteiger partial charge in [-0.1, -0.05) is 71.9 Å². The first-order valence-corrected chi connectivity index (χ1v) is 8.65. The molecular weight excluding hydrogens is 316 g/mol. The maximum atomic E-state index is 13.0. The van der Waals surface area contributed by atoms with Crippen molar-refractivity contribution in [2.45, 2.75) is 16.6 Å². The number of carbonyl (C=O) groups excluding carboxylic acids is 1. The summed E-state index contributed by atoms with van der Waals surface area (Å²) in [6.45, 7) is 2.03. The van der Waals surface area contributed by atoms with E-state index in [0.29, 0.717) is 5.75 Å². The molecule has 0 saturated heterocycles. The highest BCUT2D eigenvalue weighted by atomic mass is 32.2. The molecule has 0 N–H and O–H groups in total. The molecule has 0 fully saturated rings. The molecule has 1 aliphatic heterocycles. The zero-order valence-corrected chi connectivity index (χ0v) is 14.0. The summed E-state index contributed by atoms with van der Waals surface area (Å²) in [5.74, 6) is 0.418. The van der Waals surface area contributed by atoms with Gasteiger partial charge in [0.1, 0.15) is 5.75 Å². The van der Waals surface area contributed by atoms with Gasteiger partial charge in [-0.3, -0.25) is 0 Å². The Morgan fingerprint density at radius 2 is 1.54 bits per heavy atom. The molecule has 0 aromatic heterocycles.